The van der Waals surface area contributed by atoms with Gasteiger partial charge in [0.15, 0.2) is 0 Å². The van der Waals surface area contributed by atoms with Crippen molar-refractivity contribution in [2.75, 3.05) is 19.6 Å². The molecular weight excluding hydrogens is 267 g/mol. The zero-order chi connectivity index (χ0) is 14.0. The summed E-state index contributed by atoms with van der Waals surface area (Å²) in [6.45, 7) is 4.68. The summed E-state index contributed by atoms with van der Waals surface area (Å²) in [7, 11) is 1.67. The van der Waals surface area contributed by atoms with Gasteiger partial charge in [-0.25, -0.2) is 9.37 Å². The summed E-state index contributed by atoms with van der Waals surface area (Å²) >= 11 is 5.84. The van der Waals surface area contributed by atoms with Gasteiger partial charge in [0.2, 0.25) is 0 Å². The van der Waals surface area contributed by atoms with Crippen LogP contribution in [0.1, 0.15) is 19.7 Å². The van der Waals surface area contributed by atoms with Crippen molar-refractivity contribution in [2.24, 2.45) is 0 Å². The average Bonchev–Trinajstić information content (AvgIpc) is 2.67. The second-order valence-electron chi connectivity index (χ2n) is 5.18. The quantitative estimate of drug-likeness (QED) is 0.788. The van der Waals surface area contributed by atoms with Crippen LogP contribution in [0.15, 0.2) is 18.2 Å². The van der Waals surface area contributed by atoms with Gasteiger partial charge in [-0.1, -0.05) is 0 Å². The van der Waals surface area contributed by atoms with Crippen molar-refractivity contribution in [1.29, 1.82) is 0 Å². The molecule has 2 rings (SSSR count). The Balaban J connectivity index is 2.64. The number of aromatic nitrogens is 2. The molecule has 19 heavy (non-hydrogen) atoms. The van der Waals surface area contributed by atoms with E-state index in [1.807, 2.05) is 0 Å². The van der Waals surface area contributed by atoms with Crippen molar-refractivity contribution in [1.82, 2.24) is 9.55 Å². The molecule has 1 aromatic carbocycles. The molecule has 0 radical (unpaired) electrons. The number of aryl methyl sites for hydroxylation is 1. The molecule has 3 nitrogen and oxygen atoms in total. The van der Waals surface area contributed by atoms with E-state index in [0.29, 0.717) is 24.4 Å². The van der Waals surface area contributed by atoms with Crippen LogP contribution in [-0.2, 0) is 16.7 Å². The Morgan fingerprint density at radius 2 is 2.16 bits per heavy atom. The highest BCUT2D eigenvalue weighted by Gasteiger charge is 2.26. The fourth-order valence-electron chi connectivity index (χ4n) is 2.45. The summed E-state index contributed by atoms with van der Waals surface area (Å²) in [4.78, 5) is 4.49. The number of benzene rings is 1. The van der Waals surface area contributed by atoms with Gasteiger partial charge < -0.3 is 9.30 Å². The molecule has 0 unspecified atom stereocenters. The third-order valence-electron chi connectivity index (χ3n) is 3.11. The van der Waals surface area contributed by atoms with Crippen LogP contribution in [0.4, 0.5) is 4.39 Å². The zero-order valence-corrected chi connectivity index (χ0v) is 12.2. The van der Waals surface area contributed by atoms with Crippen molar-refractivity contribution >= 4 is 22.6 Å². The Morgan fingerprint density at radius 3 is 2.79 bits per heavy atom. The maximum absolute atomic E-state index is 13.3. The van der Waals surface area contributed by atoms with Gasteiger partial charge in [0.05, 0.1) is 23.2 Å². The van der Waals surface area contributed by atoms with E-state index in [-0.39, 0.29) is 11.4 Å². The number of rotatable bonds is 5. The van der Waals surface area contributed by atoms with Crippen molar-refractivity contribution in [2.45, 2.75) is 25.8 Å². The Kier molecular flexibility index (Phi) is 4.11. The molecule has 0 aliphatic heterocycles. The highest BCUT2D eigenvalue weighted by molar-refractivity contribution is 6.17. The minimum atomic E-state index is -0.279. The van der Waals surface area contributed by atoms with E-state index < -0.39 is 0 Å². The first-order chi connectivity index (χ1) is 8.99. The van der Waals surface area contributed by atoms with Gasteiger partial charge >= 0.3 is 0 Å². The lowest BCUT2D eigenvalue weighted by Crippen LogP contribution is -2.33. The third-order valence-corrected chi connectivity index (χ3v) is 3.30. The number of nitrogens with zero attached hydrogens (tertiary/aromatic N) is 2. The first-order valence-corrected chi connectivity index (χ1v) is 6.75. The molecule has 0 saturated carbocycles. The van der Waals surface area contributed by atoms with Crippen LogP contribution in [0.5, 0.6) is 0 Å². The fourth-order valence-corrected chi connectivity index (χ4v) is 2.62. The molecule has 0 N–H and O–H groups in total. The van der Waals surface area contributed by atoms with Crippen LogP contribution in [0.3, 0.4) is 0 Å². The molecule has 2 aromatic rings. The summed E-state index contributed by atoms with van der Waals surface area (Å²) in [6, 6.07) is 4.66. The van der Waals surface area contributed by atoms with E-state index in [4.69, 9.17) is 16.3 Å². The number of hydrogen-bond acceptors (Lipinski definition) is 2. The van der Waals surface area contributed by atoms with Gasteiger partial charge in [-0.15, -0.1) is 11.6 Å². The number of imidazole rings is 1. The van der Waals surface area contributed by atoms with Crippen molar-refractivity contribution < 1.29 is 9.13 Å². The monoisotopic (exact) mass is 284 g/mol. The molecular formula is C14H18ClFN2O. The van der Waals surface area contributed by atoms with Crippen LogP contribution in [-0.4, -0.2) is 29.1 Å². The Labute approximate surface area is 117 Å². The Morgan fingerprint density at radius 1 is 1.42 bits per heavy atom. The van der Waals surface area contributed by atoms with Gasteiger partial charge in [-0.05, 0) is 26.0 Å². The minimum absolute atomic E-state index is 0.261. The Hall–Kier alpha value is -1.13. The predicted octanol–water partition coefficient (Wildman–Crippen LogP) is 3.34. The van der Waals surface area contributed by atoms with E-state index in [1.54, 1.807) is 13.2 Å². The molecule has 104 valence electrons. The number of hydrogen-bond donors (Lipinski definition) is 0. The summed E-state index contributed by atoms with van der Waals surface area (Å²) in [5, 5.41) is 0. The van der Waals surface area contributed by atoms with Crippen molar-refractivity contribution in [3.63, 3.8) is 0 Å². The second-order valence-corrected chi connectivity index (χ2v) is 5.56. The standard InChI is InChI=1S/C14H18ClFN2O/c1-14(2,9-19-3)18-12-5-4-10(16)8-11(12)17-13(18)6-7-15/h4-5,8H,6-7,9H2,1-3H3. The predicted molar refractivity (Wildman–Crippen MR) is 75.3 cm³/mol. The molecule has 0 aliphatic carbocycles. The number of alkyl halides is 1. The number of halogens is 2. The highest BCUT2D eigenvalue weighted by Crippen LogP contribution is 2.26. The number of methoxy groups -OCH3 is 1. The van der Waals surface area contributed by atoms with Crippen LogP contribution >= 0.6 is 11.6 Å². The number of fused-ring (bicyclic) bond motifs is 1. The molecule has 5 heteroatoms. The topological polar surface area (TPSA) is 27.1 Å². The van der Waals surface area contributed by atoms with E-state index in [9.17, 15) is 4.39 Å². The zero-order valence-electron chi connectivity index (χ0n) is 11.4. The second kappa shape index (κ2) is 5.47. The summed E-state index contributed by atoms with van der Waals surface area (Å²) in [5.41, 5.74) is 1.30. The highest BCUT2D eigenvalue weighted by atomic mass is 35.5. The molecule has 0 aliphatic rings. The number of ether oxygens (including phenoxy) is 1. The minimum Gasteiger partial charge on any atom is -0.382 e. The maximum Gasteiger partial charge on any atom is 0.125 e. The van der Waals surface area contributed by atoms with E-state index in [1.165, 1.54) is 12.1 Å². The molecule has 0 spiro atoms. The summed E-state index contributed by atoms with van der Waals surface area (Å²) in [6.07, 6.45) is 0.644. The van der Waals surface area contributed by atoms with Crippen molar-refractivity contribution in [3.8, 4) is 0 Å². The lowest BCUT2D eigenvalue weighted by molar-refractivity contribution is 0.110. The normalized spacial score (nSPS) is 12.3. The van der Waals surface area contributed by atoms with E-state index >= 15 is 0 Å². The van der Waals surface area contributed by atoms with Gasteiger partial charge in [-0.2, -0.15) is 0 Å². The lowest BCUT2D eigenvalue weighted by atomic mass is 10.1. The fraction of sp³-hybridized carbons (Fsp3) is 0.500. The Bertz CT molecular complexity index is 580. The molecule has 0 amide bonds. The van der Waals surface area contributed by atoms with Crippen LogP contribution < -0.4 is 0 Å². The first kappa shape index (κ1) is 14.3. The van der Waals surface area contributed by atoms with Gasteiger partial charge in [0, 0.05) is 25.5 Å². The molecule has 0 fully saturated rings. The van der Waals surface area contributed by atoms with E-state index in [0.717, 1.165) is 11.3 Å². The van der Waals surface area contributed by atoms with Gasteiger partial charge in [-0.3, -0.25) is 0 Å². The molecule has 1 aromatic heterocycles. The average molecular weight is 285 g/mol. The van der Waals surface area contributed by atoms with Gasteiger partial charge in [0.1, 0.15) is 11.6 Å². The SMILES string of the molecule is COCC(C)(C)n1c(CCCl)nc2cc(F)ccc21. The molecule has 0 atom stereocenters. The van der Waals surface area contributed by atoms with Crippen LogP contribution in [0.2, 0.25) is 0 Å². The van der Waals surface area contributed by atoms with Gasteiger partial charge in [0.25, 0.3) is 0 Å². The third kappa shape index (κ3) is 2.74. The lowest BCUT2D eigenvalue weighted by Gasteiger charge is -2.28. The van der Waals surface area contributed by atoms with E-state index in [2.05, 4.69) is 23.4 Å². The largest absolute Gasteiger partial charge is 0.382 e. The smallest absolute Gasteiger partial charge is 0.125 e. The first-order valence-electron chi connectivity index (χ1n) is 6.22. The molecule has 0 saturated heterocycles. The maximum atomic E-state index is 13.3. The van der Waals surface area contributed by atoms with Crippen LogP contribution in [0, 0.1) is 5.82 Å². The summed E-state index contributed by atoms with van der Waals surface area (Å²) in [5.74, 6) is 1.06. The van der Waals surface area contributed by atoms with Crippen molar-refractivity contribution in [3.05, 3.63) is 29.8 Å². The summed E-state index contributed by atoms with van der Waals surface area (Å²) < 4.78 is 20.7. The molecule has 1 heterocycles. The molecule has 0 bridgehead atoms. The van der Waals surface area contributed by atoms with Crippen LogP contribution in [0.25, 0.3) is 11.0 Å².